The van der Waals surface area contributed by atoms with Gasteiger partial charge in [0, 0.05) is 44.3 Å². The summed E-state index contributed by atoms with van der Waals surface area (Å²) in [6.07, 6.45) is 1.89. The van der Waals surface area contributed by atoms with E-state index in [9.17, 15) is 11.8 Å². The van der Waals surface area contributed by atoms with Gasteiger partial charge < -0.3 is 9.13 Å². The van der Waals surface area contributed by atoms with Crippen molar-refractivity contribution in [3.05, 3.63) is 229 Å². The summed E-state index contributed by atoms with van der Waals surface area (Å²) in [4.78, 5) is 9.55. The lowest BCUT2D eigenvalue weighted by molar-refractivity contribution is 1.13. The van der Waals surface area contributed by atoms with Crippen LogP contribution in [0.2, 0.25) is 0 Å². The molecule has 10 aromatic carbocycles. The molecule has 0 saturated carbocycles. The highest BCUT2D eigenvalue weighted by molar-refractivity contribution is 6.33. The number of aromatic nitrogens is 3. The Morgan fingerprint density at radius 2 is 0.909 bits per heavy atom. The molecule has 3 heterocycles. The molecule has 13 rings (SSSR count). The number of hydrogen-bond donors (Lipinski definition) is 0. The molecule has 0 aliphatic heterocycles. The fourth-order valence-corrected chi connectivity index (χ4v) is 10.6. The Morgan fingerprint density at radius 3 is 1.48 bits per heavy atom. The summed E-state index contributed by atoms with van der Waals surface area (Å²) in [7, 11) is 0. The Bertz CT molecular complexity index is 3970. The summed E-state index contributed by atoms with van der Waals surface area (Å²) >= 11 is 0. The molecule has 0 aliphatic carbocycles. The minimum Gasteiger partial charge on any atom is -0.318 e. The van der Waals surface area contributed by atoms with Crippen LogP contribution >= 0.6 is 0 Å². The minimum atomic E-state index is 0.401. The predicted molar refractivity (Wildman–Crippen MR) is 272 cm³/mol. The van der Waals surface area contributed by atoms with E-state index in [2.05, 4.69) is 166 Å². The van der Waals surface area contributed by atoms with Gasteiger partial charge in [-0.3, -0.25) is 4.98 Å². The molecule has 0 unspecified atom stereocenters. The van der Waals surface area contributed by atoms with E-state index >= 15 is 0 Å². The van der Waals surface area contributed by atoms with Crippen LogP contribution in [-0.4, -0.2) is 14.1 Å². The van der Waals surface area contributed by atoms with Crippen LogP contribution in [0.25, 0.3) is 126 Å². The fourth-order valence-electron chi connectivity index (χ4n) is 10.6. The number of nitrogens with zero attached hydrogens (tertiary/aromatic N) is 5. The van der Waals surface area contributed by atoms with Crippen LogP contribution in [0.4, 0.5) is 5.69 Å². The fraction of sp³-hybridized carbons (Fsp3) is 0. The van der Waals surface area contributed by atoms with Gasteiger partial charge in [-0.2, -0.15) is 5.26 Å². The Hall–Kier alpha value is -9.29. The van der Waals surface area contributed by atoms with Crippen LogP contribution in [0.3, 0.4) is 0 Å². The Labute approximate surface area is 380 Å². The first kappa shape index (κ1) is 37.3. The van der Waals surface area contributed by atoms with Crippen molar-refractivity contribution in [2.24, 2.45) is 0 Å². The van der Waals surface area contributed by atoms with Crippen LogP contribution in [0.1, 0.15) is 5.56 Å². The van der Waals surface area contributed by atoms with Crippen molar-refractivity contribution in [1.82, 2.24) is 14.1 Å². The van der Waals surface area contributed by atoms with Gasteiger partial charge >= 0.3 is 0 Å². The van der Waals surface area contributed by atoms with Crippen molar-refractivity contribution < 1.29 is 0 Å². The maximum Gasteiger partial charge on any atom is 0.220 e. The van der Waals surface area contributed by atoms with Gasteiger partial charge in [-0.05, 0) is 80.6 Å². The zero-order valence-corrected chi connectivity index (χ0v) is 35.4. The monoisotopic (exact) mass is 837 g/mol. The largest absolute Gasteiger partial charge is 0.318 e. The van der Waals surface area contributed by atoms with E-state index in [1.54, 1.807) is 0 Å². The third-order valence-corrected chi connectivity index (χ3v) is 13.4. The third kappa shape index (κ3) is 5.35. The standard InChI is InChI=1S/C61H35N5/c1-63-59-54(40-21-10-4-11-22-40)49(37-62)60(65-50-31-29-42(38-17-6-2-7-18-38)35-47(50)48-36-43(30-32-51(48)65)39-19-8-3-9-20-39)55(41-23-12-5-13-24-41)61(59)66-52-28-16-27-45-44-25-14-15-26-46(44)58-57(56(45)52)53(66)33-34-64-58/h2-36H. The summed E-state index contributed by atoms with van der Waals surface area (Å²) in [5.74, 6) is 0. The normalized spacial score (nSPS) is 11.6. The van der Waals surface area contributed by atoms with Crippen molar-refractivity contribution in [1.29, 1.82) is 5.26 Å². The molecular formula is C61H35N5. The highest BCUT2D eigenvalue weighted by atomic mass is 15.0. The summed E-state index contributed by atoms with van der Waals surface area (Å²) in [5.41, 5.74) is 14.5. The topological polar surface area (TPSA) is 50.9 Å². The molecule has 0 N–H and O–H groups in total. The molecular weight excluding hydrogens is 803 g/mol. The number of fused-ring (bicyclic) bond motifs is 6. The Kier molecular flexibility index (Phi) is 8.27. The average molecular weight is 838 g/mol. The molecule has 13 aromatic rings. The van der Waals surface area contributed by atoms with Crippen LogP contribution < -0.4 is 0 Å². The molecule has 0 amide bonds. The van der Waals surface area contributed by atoms with Crippen LogP contribution in [0.15, 0.2) is 212 Å². The molecule has 0 bridgehead atoms. The zero-order chi connectivity index (χ0) is 43.9. The molecule has 3 aromatic heterocycles. The second-order valence-electron chi connectivity index (χ2n) is 16.8. The quantitative estimate of drug-likeness (QED) is 0.124. The van der Waals surface area contributed by atoms with Gasteiger partial charge in [0.15, 0.2) is 0 Å². The second kappa shape index (κ2) is 14.6. The van der Waals surface area contributed by atoms with Gasteiger partial charge in [0.25, 0.3) is 0 Å². The van der Waals surface area contributed by atoms with Crippen LogP contribution in [0.5, 0.6) is 0 Å². The van der Waals surface area contributed by atoms with E-state index in [0.29, 0.717) is 28.2 Å². The summed E-state index contributed by atoms with van der Waals surface area (Å²) in [6, 6.07) is 74.4. The molecule has 66 heavy (non-hydrogen) atoms. The number of benzene rings is 10. The molecule has 0 spiro atoms. The van der Waals surface area contributed by atoms with Crippen molar-refractivity contribution >= 4 is 71.0 Å². The maximum atomic E-state index is 11.8. The molecule has 0 atom stereocenters. The molecule has 5 nitrogen and oxygen atoms in total. The van der Waals surface area contributed by atoms with Crippen molar-refractivity contribution in [2.45, 2.75) is 0 Å². The average Bonchev–Trinajstić information content (AvgIpc) is 3.91. The number of pyridine rings is 1. The van der Waals surface area contributed by atoms with E-state index in [1.807, 2.05) is 66.9 Å². The SMILES string of the molecule is [C-]#[N+]c1c(-c2ccccc2)c(C#N)c(-n2c3ccc(-c4ccccc4)cc3c3cc(-c4ccccc4)ccc32)c(-c2ccccc2)c1-n1c2cccc3c4ccccc4c4nccc1c4c32. The first-order valence-electron chi connectivity index (χ1n) is 22.1. The lowest BCUT2D eigenvalue weighted by Crippen LogP contribution is -2.08. The van der Waals surface area contributed by atoms with Crippen LogP contribution in [-0.2, 0) is 0 Å². The molecule has 304 valence electrons. The number of hydrogen-bond acceptors (Lipinski definition) is 2. The summed E-state index contributed by atoms with van der Waals surface area (Å²) < 4.78 is 4.58. The summed E-state index contributed by atoms with van der Waals surface area (Å²) in [5, 5.41) is 19.4. The zero-order valence-electron chi connectivity index (χ0n) is 35.4. The maximum absolute atomic E-state index is 11.8. The molecule has 5 heteroatoms. The predicted octanol–water partition coefficient (Wildman–Crippen LogP) is 16.1. The van der Waals surface area contributed by atoms with Crippen LogP contribution in [0, 0.1) is 17.9 Å². The summed E-state index contributed by atoms with van der Waals surface area (Å²) in [6.45, 7) is 9.23. The van der Waals surface area contributed by atoms with E-state index in [0.717, 1.165) is 104 Å². The van der Waals surface area contributed by atoms with Gasteiger partial charge in [-0.1, -0.05) is 170 Å². The molecule has 0 aliphatic rings. The van der Waals surface area contributed by atoms with Gasteiger partial charge in [-0.15, -0.1) is 0 Å². The van der Waals surface area contributed by atoms with Gasteiger partial charge in [-0.25, -0.2) is 4.85 Å². The van der Waals surface area contributed by atoms with Gasteiger partial charge in [0.2, 0.25) is 5.69 Å². The molecule has 0 fully saturated rings. The van der Waals surface area contributed by atoms with E-state index < -0.39 is 0 Å². The van der Waals surface area contributed by atoms with Crippen molar-refractivity contribution in [3.63, 3.8) is 0 Å². The Balaban J connectivity index is 1.27. The third-order valence-electron chi connectivity index (χ3n) is 13.4. The highest BCUT2D eigenvalue weighted by Crippen LogP contribution is 2.53. The van der Waals surface area contributed by atoms with E-state index in [4.69, 9.17) is 4.98 Å². The Morgan fingerprint density at radius 1 is 0.409 bits per heavy atom. The highest BCUT2D eigenvalue weighted by Gasteiger charge is 2.32. The van der Waals surface area contributed by atoms with Crippen molar-refractivity contribution in [2.75, 3.05) is 0 Å². The van der Waals surface area contributed by atoms with Gasteiger partial charge in [0.05, 0.1) is 51.1 Å². The lowest BCUT2D eigenvalue weighted by atomic mass is 9.88. The lowest BCUT2D eigenvalue weighted by Gasteiger charge is -2.25. The van der Waals surface area contributed by atoms with Crippen molar-refractivity contribution in [3.8, 4) is 62.0 Å². The van der Waals surface area contributed by atoms with E-state index in [1.165, 1.54) is 0 Å². The van der Waals surface area contributed by atoms with E-state index in [-0.39, 0.29) is 0 Å². The number of nitriles is 1. The molecule has 0 saturated heterocycles. The molecule has 0 radical (unpaired) electrons. The van der Waals surface area contributed by atoms with Gasteiger partial charge in [0.1, 0.15) is 6.07 Å². The smallest absolute Gasteiger partial charge is 0.220 e. The minimum absolute atomic E-state index is 0.401. The number of rotatable bonds is 6. The second-order valence-corrected chi connectivity index (χ2v) is 16.8. The first-order valence-corrected chi connectivity index (χ1v) is 22.1. The first-order chi connectivity index (χ1) is 32.7.